The number of urea groups is 1. The van der Waals surface area contributed by atoms with E-state index in [4.69, 9.17) is 5.26 Å². The smallest absolute Gasteiger partial charge is 0.325 e. The molecule has 1 unspecified atom stereocenters. The zero-order valence-electron chi connectivity index (χ0n) is 15.2. The number of imide groups is 1. The fourth-order valence-electron chi connectivity index (χ4n) is 2.98. The maximum Gasteiger partial charge on any atom is 0.325 e. The van der Waals surface area contributed by atoms with Gasteiger partial charge in [0, 0.05) is 10.2 Å². The molecule has 0 aliphatic carbocycles. The van der Waals surface area contributed by atoms with E-state index in [1.807, 2.05) is 13.0 Å². The summed E-state index contributed by atoms with van der Waals surface area (Å²) in [5.74, 6) is -1.00. The van der Waals surface area contributed by atoms with Crippen molar-refractivity contribution in [2.75, 3.05) is 11.9 Å². The van der Waals surface area contributed by atoms with E-state index >= 15 is 0 Å². The molecule has 2 aromatic rings. The summed E-state index contributed by atoms with van der Waals surface area (Å²) in [7, 11) is 0. The van der Waals surface area contributed by atoms with Crippen LogP contribution < -0.4 is 10.6 Å². The predicted molar refractivity (Wildman–Crippen MR) is 106 cm³/mol. The maximum absolute atomic E-state index is 12.9. The zero-order chi connectivity index (χ0) is 20.5. The summed E-state index contributed by atoms with van der Waals surface area (Å²) >= 11 is 3.39. The second kappa shape index (κ2) is 7.44. The number of anilines is 1. The van der Waals surface area contributed by atoms with Crippen molar-refractivity contribution in [2.45, 2.75) is 19.4 Å². The molecule has 1 fully saturated rings. The number of carbonyl (C=O) groups is 3. The van der Waals surface area contributed by atoms with E-state index in [1.165, 1.54) is 0 Å². The SMILES string of the molecule is Cc1cc(NC(=O)CN2C(=O)NC(C)(c3ccc(C#N)cc3)C2=O)ccc1Br. The highest BCUT2D eigenvalue weighted by Gasteiger charge is 2.49. The number of aryl methyl sites for hydroxylation is 1. The molecule has 7 nitrogen and oxygen atoms in total. The molecule has 8 heteroatoms. The maximum atomic E-state index is 12.9. The molecular formula is C20H17BrN4O3. The molecule has 0 radical (unpaired) electrons. The first-order valence-corrected chi connectivity index (χ1v) is 9.24. The van der Waals surface area contributed by atoms with Crippen molar-refractivity contribution >= 4 is 39.5 Å². The first-order valence-electron chi connectivity index (χ1n) is 8.45. The minimum Gasteiger partial charge on any atom is -0.325 e. The van der Waals surface area contributed by atoms with Gasteiger partial charge in [0.1, 0.15) is 12.1 Å². The van der Waals surface area contributed by atoms with Crippen molar-refractivity contribution < 1.29 is 14.4 Å². The molecule has 142 valence electrons. The first kappa shape index (κ1) is 19.6. The molecule has 0 bridgehead atoms. The van der Waals surface area contributed by atoms with Crippen molar-refractivity contribution in [1.29, 1.82) is 5.26 Å². The molecule has 3 rings (SSSR count). The average Bonchev–Trinajstić information content (AvgIpc) is 2.89. The van der Waals surface area contributed by atoms with Crippen molar-refractivity contribution in [3.8, 4) is 6.07 Å². The first-order chi connectivity index (χ1) is 13.2. The third kappa shape index (κ3) is 3.62. The van der Waals surface area contributed by atoms with Gasteiger partial charge in [0.05, 0.1) is 11.6 Å². The Bertz CT molecular complexity index is 1010. The summed E-state index contributed by atoms with van der Waals surface area (Å²) in [6.45, 7) is 3.07. The van der Waals surface area contributed by atoms with Gasteiger partial charge in [-0.25, -0.2) is 4.79 Å². The van der Waals surface area contributed by atoms with E-state index in [2.05, 4.69) is 26.6 Å². The molecule has 4 amide bonds. The van der Waals surface area contributed by atoms with Crippen LogP contribution in [0.1, 0.15) is 23.6 Å². The van der Waals surface area contributed by atoms with Gasteiger partial charge >= 0.3 is 6.03 Å². The lowest BCUT2D eigenvalue weighted by Gasteiger charge is -2.22. The van der Waals surface area contributed by atoms with Crippen molar-refractivity contribution in [2.24, 2.45) is 0 Å². The Morgan fingerprint density at radius 2 is 1.93 bits per heavy atom. The molecule has 2 aromatic carbocycles. The molecule has 2 N–H and O–H groups in total. The van der Waals surface area contributed by atoms with Gasteiger partial charge in [-0.2, -0.15) is 5.26 Å². The van der Waals surface area contributed by atoms with E-state index in [1.54, 1.807) is 49.4 Å². The van der Waals surface area contributed by atoms with Gasteiger partial charge in [0.15, 0.2) is 0 Å². The molecule has 1 heterocycles. The number of amides is 4. The van der Waals surface area contributed by atoms with Crippen LogP contribution in [0.3, 0.4) is 0 Å². The Hall–Kier alpha value is -3.18. The topological polar surface area (TPSA) is 102 Å². The Labute approximate surface area is 170 Å². The number of rotatable bonds is 4. The van der Waals surface area contributed by atoms with Crippen molar-refractivity contribution in [3.63, 3.8) is 0 Å². The van der Waals surface area contributed by atoms with Crippen LogP contribution in [0.5, 0.6) is 0 Å². The molecule has 0 aromatic heterocycles. The van der Waals surface area contributed by atoms with E-state index in [-0.39, 0.29) is 0 Å². The highest BCUT2D eigenvalue weighted by molar-refractivity contribution is 9.10. The van der Waals surface area contributed by atoms with E-state index < -0.39 is 29.9 Å². The molecule has 28 heavy (non-hydrogen) atoms. The van der Waals surface area contributed by atoms with Crippen LogP contribution >= 0.6 is 15.9 Å². The molecule has 1 aliphatic heterocycles. The normalized spacial score (nSPS) is 18.6. The van der Waals surface area contributed by atoms with E-state index in [9.17, 15) is 14.4 Å². The lowest BCUT2D eigenvalue weighted by molar-refractivity contribution is -0.133. The van der Waals surface area contributed by atoms with Crippen LogP contribution in [0, 0.1) is 18.3 Å². The summed E-state index contributed by atoms with van der Waals surface area (Å²) < 4.78 is 0.915. The number of hydrogen-bond acceptors (Lipinski definition) is 4. The number of nitrogens with zero attached hydrogens (tertiary/aromatic N) is 2. The standard InChI is InChI=1S/C20H17BrN4O3/c1-12-9-15(7-8-16(12)21)23-17(26)11-25-18(27)20(2,24-19(25)28)14-5-3-13(10-22)4-6-14/h3-9H,11H2,1-2H3,(H,23,26)(H,24,28). The van der Waals surface area contributed by atoms with E-state index in [0.717, 1.165) is 14.9 Å². The zero-order valence-corrected chi connectivity index (χ0v) is 16.8. The van der Waals surface area contributed by atoms with Gasteiger partial charge in [0.2, 0.25) is 5.91 Å². The number of nitriles is 1. The number of carbonyl (C=O) groups excluding carboxylic acids is 3. The van der Waals surface area contributed by atoms with Gasteiger partial charge in [0.25, 0.3) is 5.91 Å². The van der Waals surface area contributed by atoms with Gasteiger partial charge in [-0.1, -0.05) is 28.1 Å². The van der Waals surface area contributed by atoms with Gasteiger partial charge in [-0.05, 0) is 55.3 Å². The van der Waals surface area contributed by atoms with Gasteiger partial charge in [-0.15, -0.1) is 0 Å². The summed E-state index contributed by atoms with van der Waals surface area (Å²) in [5.41, 5.74) is 1.22. The third-order valence-corrected chi connectivity index (χ3v) is 5.50. The second-order valence-corrected chi connectivity index (χ2v) is 7.50. The Balaban J connectivity index is 1.74. The minimum atomic E-state index is -1.29. The second-order valence-electron chi connectivity index (χ2n) is 6.65. The molecule has 0 spiro atoms. The number of halogens is 1. The summed E-state index contributed by atoms with van der Waals surface area (Å²) in [5, 5.41) is 14.2. The third-order valence-electron chi connectivity index (χ3n) is 4.61. The fraction of sp³-hybridized carbons (Fsp3) is 0.200. The quantitative estimate of drug-likeness (QED) is 0.712. The number of nitrogens with one attached hydrogen (secondary N) is 2. The summed E-state index contributed by atoms with van der Waals surface area (Å²) in [6.07, 6.45) is 0. The summed E-state index contributed by atoms with van der Waals surface area (Å²) in [4.78, 5) is 38.5. The van der Waals surface area contributed by atoms with Crippen LogP contribution in [-0.2, 0) is 15.1 Å². The molecule has 0 saturated carbocycles. The van der Waals surface area contributed by atoms with Crippen LogP contribution in [0.4, 0.5) is 10.5 Å². The Morgan fingerprint density at radius 3 is 2.54 bits per heavy atom. The predicted octanol–water partition coefficient (Wildman–Crippen LogP) is 3.03. The highest BCUT2D eigenvalue weighted by Crippen LogP contribution is 2.29. The van der Waals surface area contributed by atoms with Crippen LogP contribution in [0.2, 0.25) is 0 Å². The number of hydrogen-bond donors (Lipinski definition) is 2. The monoisotopic (exact) mass is 440 g/mol. The highest BCUT2D eigenvalue weighted by atomic mass is 79.9. The fourth-order valence-corrected chi connectivity index (χ4v) is 3.23. The van der Waals surface area contributed by atoms with Crippen molar-refractivity contribution in [1.82, 2.24) is 10.2 Å². The van der Waals surface area contributed by atoms with Gasteiger partial charge < -0.3 is 10.6 Å². The van der Waals surface area contributed by atoms with E-state index in [0.29, 0.717) is 16.8 Å². The lowest BCUT2D eigenvalue weighted by Crippen LogP contribution is -2.42. The van der Waals surface area contributed by atoms with Crippen LogP contribution in [0.25, 0.3) is 0 Å². The van der Waals surface area contributed by atoms with Crippen LogP contribution in [-0.4, -0.2) is 29.3 Å². The van der Waals surface area contributed by atoms with Crippen molar-refractivity contribution in [3.05, 3.63) is 63.6 Å². The molecule has 1 aliphatic rings. The largest absolute Gasteiger partial charge is 0.325 e. The van der Waals surface area contributed by atoms with Gasteiger partial charge in [-0.3, -0.25) is 14.5 Å². The Morgan fingerprint density at radius 1 is 1.25 bits per heavy atom. The molecule has 1 saturated heterocycles. The molecule has 1 atom stereocenters. The minimum absolute atomic E-state index is 0.397. The summed E-state index contributed by atoms with van der Waals surface area (Å²) in [6, 6.07) is 13.1. The Kier molecular flexibility index (Phi) is 5.21. The molecular weight excluding hydrogens is 424 g/mol. The number of benzene rings is 2. The van der Waals surface area contributed by atoms with Crippen LogP contribution in [0.15, 0.2) is 46.9 Å². The lowest BCUT2D eigenvalue weighted by atomic mass is 9.91. The average molecular weight is 441 g/mol.